The van der Waals surface area contributed by atoms with Crippen LogP contribution in [0.5, 0.6) is 5.75 Å². The molecule has 0 radical (unpaired) electrons. The topological polar surface area (TPSA) is 58.6 Å². The third-order valence-corrected chi connectivity index (χ3v) is 8.18. The minimum Gasteiger partial charge on any atom is -0.493 e. The number of rotatable bonds is 7. The average molecular weight is 565 g/mol. The fourth-order valence-corrected chi connectivity index (χ4v) is 5.56. The SMILES string of the molecule is CCc1cnc(N2CCC(COc3ccc(C4CC=C(C(=O)N5CC(F)(F)C(F)(F)C5)CC4)c(F)c3)CC2)nc1. The molecule has 1 aromatic carbocycles. The normalized spacial score (nSPS) is 22.8. The number of nitrogens with zero attached hydrogens (tertiary/aromatic N) is 4. The minimum atomic E-state index is -4.24. The Morgan fingerprint density at radius 1 is 1.05 bits per heavy atom. The van der Waals surface area contributed by atoms with Crippen LogP contribution in [0.1, 0.15) is 56.1 Å². The maximum atomic E-state index is 15.0. The molecule has 2 aromatic rings. The predicted octanol–water partition coefficient (Wildman–Crippen LogP) is 5.78. The number of ether oxygens (including phenoxy) is 1. The zero-order valence-corrected chi connectivity index (χ0v) is 22.4. The first kappa shape index (κ1) is 28.3. The van der Waals surface area contributed by atoms with Gasteiger partial charge in [-0.25, -0.2) is 14.4 Å². The van der Waals surface area contributed by atoms with Gasteiger partial charge in [0.2, 0.25) is 11.9 Å². The number of aromatic nitrogens is 2. The predicted molar refractivity (Wildman–Crippen MR) is 139 cm³/mol. The van der Waals surface area contributed by atoms with Crippen LogP contribution < -0.4 is 9.64 Å². The summed E-state index contributed by atoms with van der Waals surface area (Å²) in [6.07, 6.45) is 8.96. The standard InChI is InChI=1S/C29H33F5N4O2/c1-2-19-14-35-27(36-15-19)37-11-9-20(10-12-37)16-40-23-7-8-24(25(30)13-23)21-3-5-22(6-4-21)26(39)38-17-28(31,32)29(33,34)18-38/h5,7-8,13-15,20-21H,2-4,6,9-12,16-18H2,1H3. The number of piperidine rings is 1. The van der Waals surface area contributed by atoms with Crippen LogP contribution in [0.3, 0.4) is 0 Å². The highest BCUT2D eigenvalue weighted by Crippen LogP contribution is 2.42. The molecule has 1 atom stereocenters. The Kier molecular flexibility index (Phi) is 8.01. The first-order chi connectivity index (χ1) is 19.1. The lowest BCUT2D eigenvalue weighted by Gasteiger charge is -2.31. The Morgan fingerprint density at radius 3 is 2.30 bits per heavy atom. The van der Waals surface area contributed by atoms with Crippen LogP contribution in [0.2, 0.25) is 0 Å². The largest absolute Gasteiger partial charge is 0.493 e. The molecule has 5 rings (SSSR count). The van der Waals surface area contributed by atoms with Crippen molar-refractivity contribution in [3.8, 4) is 5.75 Å². The van der Waals surface area contributed by atoms with Crippen LogP contribution in [0.25, 0.3) is 0 Å². The molecule has 1 aromatic heterocycles. The maximum absolute atomic E-state index is 15.0. The average Bonchev–Trinajstić information content (AvgIpc) is 3.18. The number of carbonyl (C=O) groups excluding carboxylic acids is 1. The van der Waals surface area contributed by atoms with E-state index in [9.17, 15) is 22.4 Å². The van der Waals surface area contributed by atoms with E-state index >= 15 is 4.39 Å². The van der Waals surface area contributed by atoms with Gasteiger partial charge < -0.3 is 14.5 Å². The molecular weight excluding hydrogens is 531 g/mol. The van der Waals surface area contributed by atoms with Crippen molar-refractivity contribution in [1.29, 1.82) is 0 Å². The number of likely N-dealkylation sites (tertiary alicyclic amines) is 1. The van der Waals surface area contributed by atoms with Crippen LogP contribution in [0.15, 0.2) is 42.2 Å². The first-order valence-electron chi connectivity index (χ1n) is 13.8. The Balaban J connectivity index is 1.10. The zero-order chi connectivity index (χ0) is 28.5. The van der Waals surface area contributed by atoms with Gasteiger partial charge in [0.1, 0.15) is 11.6 Å². The van der Waals surface area contributed by atoms with E-state index in [2.05, 4.69) is 21.8 Å². The molecule has 0 N–H and O–H groups in total. The molecule has 1 amide bonds. The van der Waals surface area contributed by atoms with Crippen molar-refractivity contribution in [3.05, 3.63) is 59.2 Å². The second kappa shape index (κ2) is 11.3. The molecule has 0 saturated carbocycles. The summed E-state index contributed by atoms with van der Waals surface area (Å²) < 4.78 is 74.9. The fourth-order valence-electron chi connectivity index (χ4n) is 5.56. The van der Waals surface area contributed by atoms with E-state index in [1.54, 1.807) is 18.2 Å². The molecule has 40 heavy (non-hydrogen) atoms. The highest BCUT2D eigenvalue weighted by atomic mass is 19.3. The Bertz CT molecular complexity index is 1230. The number of benzene rings is 1. The Morgan fingerprint density at radius 2 is 1.73 bits per heavy atom. The van der Waals surface area contributed by atoms with E-state index < -0.39 is 36.7 Å². The monoisotopic (exact) mass is 564 g/mol. The van der Waals surface area contributed by atoms with E-state index in [0.29, 0.717) is 41.6 Å². The summed E-state index contributed by atoms with van der Waals surface area (Å²) in [5, 5.41) is 0. The minimum absolute atomic E-state index is 0.204. The summed E-state index contributed by atoms with van der Waals surface area (Å²) in [7, 11) is 0. The number of anilines is 1. The molecule has 0 bridgehead atoms. The first-order valence-corrected chi connectivity index (χ1v) is 13.8. The van der Waals surface area contributed by atoms with Gasteiger partial charge in [-0.05, 0) is 67.6 Å². The summed E-state index contributed by atoms with van der Waals surface area (Å²) in [5.74, 6) is -8.36. The summed E-state index contributed by atoms with van der Waals surface area (Å²) in [4.78, 5) is 24.1. The van der Waals surface area contributed by atoms with Crippen LogP contribution in [-0.2, 0) is 11.2 Å². The molecule has 0 spiro atoms. The molecule has 6 nitrogen and oxygen atoms in total. The number of carbonyl (C=O) groups is 1. The highest BCUT2D eigenvalue weighted by Gasteiger charge is 2.64. The quantitative estimate of drug-likeness (QED) is 0.399. The third kappa shape index (κ3) is 5.93. The van der Waals surface area contributed by atoms with Gasteiger partial charge in [-0.2, -0.15) is 17.6 Å². The second-order valence-electron chi connectivity index (χ2n) is 10.9. The maximum Gasteiger partial charge on any atom is 0.329 e. The van der Waals surface area contributed by atoms with Crippen LogP contribution in [-0.4, -0.2) is 65.4 Å². The lowest BCUT2D eigenvalue weighted by molar-refractivity contribution is -0.172. The fraction of sp³-hybridized carbons (Fsp3) is 0.552. The number of aryl methyl sites for hydroxylation is 1. The third-order valence-electron chi connectivity index (χ3n) is 8.18. The molecule has 3 aliphatic rings. The van der Waals surface area contributed by atoms with E-state index in [-0.39, 0.29) is 17.9 Å². The molecule has 2 fully saturated rings. The Hall–Kier alpha value is -3.24. The van der Waals surface area contributed by atoms with Crippen molar-refractivity contribution in [3.63, 3.8) is 0 Å². The molecule has 2 saturated heterocycles. The number of allylic oxidation sites excluding steroid dienone is 1. The van der Waals surface area contributed by atoms with Crippen molar-refractivity contribution in [2.75, 3.05) is 37.7 Å². The number of alkyl halides is 4. The Labute approximate surface area is 230 Å². The number of hydrogen-bond acceptors (Lipinski definition) is 5. The number of hydrogen-bond donors (Lipinski definition) is 0. The summed E-state index contributed by atoms with van der Waals surface area (Å²) in [6, 6.07) is 4.78. The van der Waals surface area contributed by atoms with Crippen molar-refractivity contribution in [2.24, 2.45) is 5.92 Å². The van der Waals surface area contributed by atoms with E-state index in [4.69, 9.17) is 4.74 Å². The van der Waals surface area contributed by atoms with Gasteiger partial charge in [0.05, 0.1) is 19.7 Å². The second-order valence-corrected chi connectivity index (χ2v) is 10.9. The molecule has 11 heteroatoms. The van der Waals surface area contributed by atoms with Crippen LogP contribution >= 0.6 is 0 Å². The van der Waals surface area contributed by atoms with Gasteiger partial charge in [0, 0.05) is 37.1 Å². The summed E-state index contributed by atoms with van der Waals surface area (Å²) in [6.45, 7) is 1.61. The van der Waals surface area contributed by atoms with Gasteiger partial charge in [0.25, 0.3) is 0 Å². The lowest BCUT2D eigenvalue weighted by atomic mass is 9.84. The van der Waals surface area contributed by atoms with Gasteiger partial charge in [-0.3, -0.25) is 4.79 Å². The lowest BCUT2D eigenvalue weighted by Crippen LogP contribution is -2.38. The molecule has 216 valence electrons. The smallest absolute Gasteiger partial charge is 0.329 e. The summed E-state index contributed by atoms with van der Waals surface area (Å²) >= 11 is 0. The van der Waals surface area contributed by atoms with Gasteiger partial charge in [-0.15, -0.1) is 0 Å². The molecular formula is C29H33F5N4O2. The summed E-state index contributed by atoms with van der Waals surface area (Å²) in [5.41, 5.74) is 1.81. The van der Waals surface area contributed by atoms with E-state index in [0.717, 1.165) is 43.9 Å². The van der Waals surface area contributed by atoms with Gasteiger partial charge >= 0.3 is 11.8 Å². The van der Waals surface area contributed by atoms with Gasteiger partial charge in [-0.1, -0.05) is 19.1 Å². The van der Waals surface area contributed by atoms with Crippen LogP contribution in [0.4, 0.5) is 27.9 Å². The van der Waals surface area contributed by atoms with Gasteiger partial charge in [0.15, 0.2) is 0 Å². The number of halogens is 5. The zero-order valence-electron chi connectivity index (χ0n) is 22.4. The van der Waals surface area contributed by atoms with Crippen molar-refractivity contribution >= 4 is 11.9 Å². The van der Waals surface area contributed by atoms with Crippen LogP contribution in [0, 0.1) is 11.7 Å². The van der Waals surface area contributed by atoms with E-state index in [1.165, 1.54) is 6.07 Å². The van der Waals surface area contributed by atoms with E-state index in [1.807, 2.05) is 12.4 Å². The van der Waals surface area contributed by atoms with Crippen molar-refractivity contribution in [1.82, 2.24) is 14.9 Å². The molecule has 1 unspecified atom stereocenters. The molecule has 1 aliphatic carbocycles. The molecule has 3 heterocycles. The molecule has 2 aliphatic heterocycles. The number of amides is 1. The van der Waals surface area contributed by atoms with Crippen molar-refractivity contribution < 1.29 is 31.5 Å². The van der Waals surface area contributed by atoms with Crippen molar-refractivity contribution in [2.45, 2.75) is 63.2 Å². The highest BCUT2D eigenvalue weighted by molar-refractivity contribution is 5.94.